The van der Waals surface area contributed by atoms with Crippen molar-refractivity contribution in [2.75, 3.05) is 20.2 Å². The van der Waals surface area contributed by atoms with E-state index >= 15 is 0 Å². The SMILES string of the molecule is CNC(C)CNC(=O)COc1ccc2cc(Br)ccc2c1.Cl. The number of carbonyl (C=O) groups is 1. The first-order chi connectivity index (χ1) is 10.1. The van der Waals surface area contributed by atoms with Gasteiger partial charge in [-0.3, -0.25) is 4.79 Å². The van der Waals surface area contributed by atoms with Gasteiger partial charge in [-0.25, -0.2) is 0 Å². The van der Waals surface area contributed by atoms with Crippen LogP contribution in [0.15, 0.2) is 40.9 Å². The van der Waals surface area contributed by atoms with E-state index in [1.54, 1.807) is 0 Å². The molecule has 22 heavy (non-hydrogen) atoms. The molecule has 2 N–H and O–H groups in total. The fourth-order valence-electron chi connectivity index (χ4n) is 1.85. The number of hydrogen-bond donors (Lipinski definition) is 2. The Balaban J connectivity index is 0.00000242. The highest BCUT2D eigenvalue weighted by Crippen LogP contribution is 2.24. The smallest absolute Gasteiger partial charge is 0.257 e. The van der Waals surface area contributed by atoms with Crippen LogP contribution in [0.1, 0.15) is 6.92 Å². The molecule has 120 valence electrons. The molecule has 0 fully saturated rings. The largest absolute Gasteiger partial charge is 0.484 e. The van der Waals surface area contributed by atoms with E-state index in [-0.39, 0.29) is 31.0 Å². The number of rotatable bonds is 6. The molecule has 0 spiro atoms. The highest BCUT2D eigenvalue weighted by atomic mass is 79.9. The lowest BCUT2D eigenvalue weighted by molar-refractivity contribution is -0.123. The first-order valence-electron chi connectivity index (χ1n) is 6.84. The van der Waals surface area contributed by atoms with Crippen LogP contribution in [0, 0.1) is 0 Å². The maximum Gasteiger partial charge on any atom is 0.257 e. The molecular weight excluding hydrogens is 368 g/mol. The first-order valence-corrected chi connectivity index (χ1v) is 7.64. The van der Waals surface area contributed by atoms with Gasteiger partial charge in [-0.1, -0.05) is 28.1 Å². The van der Waals surface area contributed by atoms with Crippen LogP contribution in [0.4, 0.5) is 0 Å². The number of hydrogen-bond acceptors (Lipinski definition) is 3. The quantitative estimate of drug-likeness (QED) is 0.800. The third kappa shape index (κ3) is 5.48. The van der Waals surface area contributed by atoms with Gasteiger partial charge in [0, 0.05) is 17.1 Å². The normalized spacial score (nSPS) is 11.6. The fourth-order valence-corrected chi connectivity index (χ4v) is 2.23. The summed E-state index contributed by atoms with van der Waals surface area (Å²) in [4.78, 5) is 11.7. The van der Waals surface area contributed by atoms with Crippen LogP contribution >= 0.6 is 28.3 Å². The average molecular weight is 388 g/mol. The number of nitrogens with one attached hydrogen (secondary N) is 2. The summed E-state index contributed by atoms with van der Waals surface area (Å²) in [7, 11) is 1.86. The van der Waals surface area contributed by atoms with Gasteiger partial charge in [0.15, 0.2) is 6.61 Å². The molecule has 4 nitrogen and oxygen atoms in total. The van der Waals surface area contributed by atoms with Crippen molar-refractivity contribution in [2.24, 2.45) is 0 Å². The van der Waals surface area contributed by atoms with Gasteiger partial charge in [0.2, 0.25) is 0 Å². The van der Waals surface area contributed by atoms with E-state index in [9.17, 15) is 4.79 Å². The molecule has 0 aromatic heterocycles. The van der Waals surface area contributed by atoms with Gasteiger partial charge in [-0.05, 0) is 49.0 Å². The molecule has 0 aliphatic rings. The summed E-state index contributed by atoms with van der Waals surface area (Å²) in [6, 6.07) is 12.1. The summed E-state index contributed by atoms with van der Waals surface area (Å²) in [6.07, 6.45) is 0. The van der Waals surface area contributed by atoms with Crippen LogP contribution in [0.3, 0.4) is 0 Å². The van der Waals surface area contributed by atoms with E-state index < -0.39 is 0 Å². The summed E-state index contributed by atoms with van der Waals surface area (Å²) >= 11 is 3.45. The Bertz CT molecular complexity index is 637. The van der Waals surface area contributed by atoms with Crippen LogP contribution in [0.25, 0.3) is 10.8 Å². The van der Waals surface area contributed by atoms with Crippen LogP contribution in [0.2, 0.25) is 0 Å². The molecule has 0 saturated carbocycles. The van der Waals surface area contributed by atoms with Crippen molar-refractivity contribution in [3.05, 3.63) is 40.9 Å². The molecule has 0 bridgehead atoms. The number of benzene rings is 2. The van der Waals surface area contributed by atoms with Gasteiger partial charge in [0.1, 0.15) is 5.75 Å². The highest BCUT2D eigenvalue weighted by molar-refractivity contribution is 9.10. The Labute approximate surface area is 145 Å². The number of amides is 1. The number of ether oxygens (including phenoxy) is 1. The average Bonchev–Trinajstić information content (AvgIpc) is 2.50. The monoisotopic (exact) mass is 386 g/mol. The maximum absolute atomic E-state index is 11.7. The number of carbonyl (C=O) groups excluding carboxylic acids is 1. The standard InChI is InChI=1S/C16H19BrN2O2.ClH/c1-11(18-2)9-19-16(20)10-21-15-6-4-12-7-14(17)5-3-13(12)8-15;/h3-8,11,18H,9-10H2,1-2H3,(H,19,20);1H. The second kappa shape index (κ2) is 8.98. The predicted molar refractivity (Wildman–Crippen MR) is 95.9 cm³/mol. The second-order valence-electron chi connectivity index (χ2n) is 4.94. The summed E-state index contributed by atoms with van der Waals surface area (Å²) in [6.45, 7) is 2.62. The van der Waals surface area contributed by atoms with Crippen LogP contribution in [-0.4, -0.2) is 32.1 Å². The number of likely N-dealkylation sites (N-methyl/N-ethyl adjacent to an activating group) is 1. The van der Waals surface area contributed by atoms with Crippen LogP contribution in [-0.2, 0) is 4.79 Å². The lowest BCUT2D eigenvalue weighted by atomic mass is 10.1. The molecule has 1 unspecified atom stereocenters. The Morgan fingerprint density at radius 2 is 1.91 bits per heavy atom. The Kier molecular flexibility index (Phi) is 7.65. The molecule has 2 aromatic carbocycles. The van der Waals surface area contributed by atoms with Crippen molar-refractivity contribution in [2.45, 2.75) is 13.0 Å². The molecule has 1 atom stereocenters. The molecule has 0 aliphatic carbocycles. The van der Waals surface area contributed by atoms with Crippen LogP contribution < -0.4 is 15.4 Å². The van der Waals surface area contributed by atoms with Crippen molar-refractivity contribution in [1.29, 1.82) is 0 Å². The Morgan fingerprint density at radius 3 is 2.64 bits per heavy atom. The minimum atomic E-state index is -0.118. The highest BCUT2D eigenvalue weighted by Gasteiger charge is 2.05. The summed E-state index contributed by atoms with van der Waals surface area (Å²) < 4.78 is 6.57. The zero-order chi connectivity index (χ0) is 15.2. The van der Waals surface area contributed by atoms with Gasteiger partial charge in [0.25, 0.3) is 5.91 Å². The third-order valence-electron chi connectivity index (χ3n) is 3.24. The summed E-state index contributed by atoms with van der Waals surface area (Å²) in [5.41, 5.74) is 0. The van der Waals surface area contributed by atoms with Gasteiger partial charge in [-0.15, -0.1) is 12.4 Å². The summed E-state index contributed by atoms with van der Waals surface area (Å²) in [5, 5.41) is 8.09. The zero-order valence-electron chi connectivity index (χ0n) is 12.6. The van der Waals surface area contributed by atoms with E-state index in [0.29, 0.717) is 12.3 Å². The van der Waals surface area contributed by atoms with Crippen molar-refractivity contribution in [1.82, 2.24) is 10.6 Å². The van der Waals surface area contributed by atoms with E-state index in [0.717, 1.165) is 15.2 Å². The van der Waals surface area contributed by atoms with Gasteiger partial charge < -0.3 is 15.4 Å². The van der Waals surface area contributed by atoms with Gasteiger partial charge in [0.05, 0.1) is 0 Å². The Morgan fingerprint density at radius 1 is 1.23 bits per heavy atom. The summed E-state index contributed by atoms with van der Waals surface area (Å²) in [5.74, 6) is 0.578. The molecule has 6 heteroatoms. The molecule has 0 saturated heterocycles. The van der Waals surface area contributed by atoms with Crippen molar-refractivity contribution in [3.8, 4) is 5.75 Å². The lowest BCUT2D eigenvalue weighted by Crippen LogP contribution is -2.39. The van der Waals surface area contributed by atoms with Crippen molar-refractivity contribution in [3.63, 3.8) is 0 Å². The molecule has 2 aromatic rings. The zero-order valence-corrected chi connectivity index (χ0v) is 15.0. The molecule has 0 heterocycles. The molecule has 0 aliphatic heterocycles. The minimum Gasteiger partial charge on any atom is -0.484 e. The first kappa shape index (κ1) is 18.7. The van der Waals surface area contributed by atoms with E-state index in [1.165, 1.54) is 0 Å². The topological polar surface area (TPSA) is 50.4 Å². The molecule has 1 amide bonds. The van der Waals surface area contributed by atoms with Crippen LogP contribution in [0.5, 0.6) is 5.75 Å². The number of halogens is 2. The van der Waals surface area contributed by atoms with Gasteiger partial charge in [-0.2, -0.15) is 0 Å². The maximum atomic E-state index is 11.7. The third-order valence-corrected chi connectivity index (χ3v) is 3.74. The Hall–Kier alpha value is -1.30. The fraction of sp³-hybridized carbons (Fsp3) is 0.312. The molecule has 0 radical (unpaired) electrons. The second-order valence-corrected chi connectivity index (χ2v) is 5.85. The van der Waals surface area contributed by atoms with Crippen molar-refractivity contribution >= 4 is 45.0 Å². The molecular formula is C16H20BrClN2O2. The number of fused-ring (bicyclic) bond motifs is 1. The van der Waals surface area contributed by atoms with Crippen molar-refractivity contribution < 1.29 is 9.53 Å². The minimum absolute atomic E-state index is 0. The van der Waals surface area contributed by atoms with E-state index in [4.69, 9.17) is 4.74 Å². The predicted octanol–water partition coefficient (Wildman–Crippen LogP) is 3.13. The molecule has 2 rings (SSSR count). The van der Waals surface area contributed by atoms with Gasteiger partial charge >= 0.3 is 0 Å². The lowest BCUT2D eigenvalue weighted by Gasteiger charge is -2.12. The van der Waals surface area contributed by atoms with E-state index in [1.807, 2.05) is 50.4 Å². The van der Waals surface area contributed by atoms with E-state index in [2.05, 4.69) is 26.6 Å².